The number of piperazine rings is 1. The number of sulfonamides is 1. The summed E-state index contributed by atoms with van der Waals surface area (Å²) in [5, 5.41) is 2.63. The van der Waals surface area contributed by atoms with Crippen molar-refractivity contribution >= 4 is 38.9 Å². The number of hydrogen-bond donors (Lipinski definition) is 0. The summed E-state index contributed by atoms with van der Waals surface area (Å²) in [7, 11) is -3.65. The molecule has 36 heavy (non-hydrogen) atoms. The molecule has 1 amide bonds. The molecule has 5 rings (SSSR count). The fraction of sp³-hybridized carbons (Fsp3) is 0.370. The van der Waals surface area contributed by atoms with E-state index in [2.05, 4.69) is 47.5 Å². The van der Waals surface area contributed by atoms with E-state index in [1.807, 2.05) is 11.8 Å². The molecule has 0 unspecified atom stereocenters. The minimum Gasteiger partial charge on any atom is -0.339 e. The summed E-state index contributed by atoms with van der Waals surface area (Å²) in [6, 6.07) is 16.7. The number of rotatable bonds is 5. The van der Waals surface area contributed by atoms with Crippen LogP contribution in [0.25, 0.3) is 0 Å². The first-order valence-electron chi connectivity index (χ1n) is 12.2. The number of benzene rings is 2. The van der Waals surface area contributed by atoms with E-state index >= 15 is 0 Å². The van der Waals surface area contributed by atoms with Crippen LogP contribution in [0.15, 0.2) is 64.9 Å². The van der Waals surface area contributed by atoms with Crippen LogP contribution >= 0.6 is 22.9 Å². The van der Waals surface area contributed by atoms with Crippen LogP contribution in [0, 0.1) is 6.92 Å². The third-order valence-electron chi connectivity index (χ3n) is 7.14. The molecule has 2 aliphatic rings. The SMILES string of the molecule is Cc1ccc([C@H]2c3ccsc3CCN2CC(=O)N2CCN(S(=O)(=O)c3ccc(Cl)cc3)[C@H](C)C2)cc1. The minimum atomic E-state index is -3.65. The largest absolute Gasteiger partial charge is 0.339 e. The number of hydrogen-bond acceptors (Lipinski definition) is 5. The molecule has 0 radical (unpaired) electrons. The quantitative estimate of drug-likeness (QED) is 0.472. The highest BCUT2D eigenvalue weighted by atomic mass is 35.5. The normalized spacial score (nSPS) is 21.4. The summed E-state index contributed by atoms with van der Waals surface area (Å²) in [4.78, 5) is 19.2. The van der Waals surface area contributed by atoms with Gasteiger partial charge in [0, 0.05) is 42.1 Å². The Morgan fingerprint density at radius 3 is 2.44 bits per heavy atom. The van der Waals surface area contributed by atoms with Gasteiger partial charge >= 0.3 is 0 Å². The molecular formula is C27H30ClN3O3S2. The second kappa shape index (κ2) is 10.3. The highest BCUT2D eigenvalue weighted by molar-refractivity contribution is 7.89. The summed E-state index contributed by atoms with van der Waals surface area (Å²) in [6.07, 6.45) is 0.937. The van der Waals surface area contributed by atoms with E-state index in [0.29, 0.717) is 24.7 Å². The number of aryl methyl sites for hydroxylation is 1. The zero-order valence-corrected chi connectivity index (χ0v) is 22.8. The lowest BCUT2D eigenvalue weighted by molar-refractivity contribution is -0.135. The van der Waals surface area contributed by atoms with E-state index in [0.717, 1.165) is 13.0 Å². The van der Waals surface area contributed by atoms with Crippen molar-refractivity contribution in [2.45, 2.75) is 37.2 Å². The predicted octanol–water partition coefficient (Wildman–Crippen LogP) is 4.58. The second-order valence-electron chi connectivity index (χ2n) is 9.59. The average molecular weight is 544 g/mol. The van der Waals surface area contributed by atoms with Crippen molar-refractivity contribution < 1.29 is 13.2 Å². The standard InChI is InChI=1S/C27H30ClN3O3S2/c1-19-3-5-21(6-4-19)27-24-12-16-35-25(24)11-13-30(27)18-26(32)29-14-15-31(20(2)17-29)36(33,34)23-9-7-22(28)8-10-23/h3-10,12,16,20,27H,11,13-15,17-18H2,1-2H3/t20-,27+/m1/s1. The van der Waals surface area contributed by atoms with Crippen molar-refractivity contribution in [2.75, 3.05) is 32.7 Å². The highest BCUT2D eigenvalue weighted by Gasteiger charge is 2.37. The Morgan fingerprint density at radius 1 is 1.03 bits per heavy atom. The molecular weight excluding hydrogens is 514 g/mol. The molecule has 6 nitrogen and oxygen atoms in total. The molecule has 0 N–H and O–H groups in total. The fourth-order valence-corrected chi connectivity index (χ4v) is 7.86. The number of fused-ring (bicyclic) bond motifs is 1. The van der Waals surface area contributed by atoms with E-state index < -0.39 is 10.0 Å². The van der Waals surface area contributed by atoms with Crippen LogP contribution < -0.4 is 0 Å². The van der Waals surface area contributed by atoms with Gasteiger partial charge in [-0.15, -0.1) is 11.3 Å². The van der Waals surface area contributed by atoms with Gasteiger partial charge in [0.1, 0.15) is 0 Å². The number of nitrogens with zero attached hydrogens (tertiary/aromatic N) is 3. The van der Waals surface area contributed by atoms with E-state index in [9.17, 15) is 13.2 Å². The number of amides is 1. The van der Waals surface area contributed by atoms with Crippen molar-refractivity contribution in [2.24, 2.45) is 0 Å². The first-order valence-corrected chi connectivity index (χ1v) is 14.9. The van der Waals surface area contributed by atoms with Crippen LogP contribution in [0.1, 0.15) is 34.5 Å². The lowest BCUT2D eigenvalue weighted by Crippen LogP contribution is -2.57. The van der Waals surface area contributed by atoms with Crippen molar-refractivity contribution in [3.63, 3.8) is 0 Å². The lowest BCUT2D eigenvalue weighted by Gasteiger charge is -2.41. The maximum Gasteiger partial charge on any atom is 0.243 e. The van der Waals surface area contributed by atoms with Gasteiger partial charge in [0.05, 0.1) is 17.5 Å². The maximum absolute atomic E-state index is 13.5. The van der Waals surface area contributed by atoms with E-state index in [4.69, 9.17) is 11.6 Å². The second-order valence-corrected chi connectivity index (χ2v) is 12.9. The molecule has 0 bridgehead atoms. The summed E-state index contributed by atoms with van der Waals surface area (Å²) in [6.45, 7) is 6.09. The van der Waals surface area contributed by atoms with E-state index in [1.54, 1.807) is 23.5 Å². The summed E-state index contributed by atoms with van der Waals surface area (Å²) in [5.74, 6) is 0.0428. The third-order valence-corrected chi connectivity index (χ3v) is 10.4. The molecule has 3 aromatic rings. The van der Waals surface area contributed by atoms with Gasteiger partial charge in [-0.3, -0.25) is 9.69 Å². The van der Waals surface area contributed by atoms with Gasteiger partial charge in [0.25, 0.3) is 0 Å². The van der Waals surface area contributed by atoms with Gasteiger partial charge in [-0.1, -0.05) is 41.4 Å². The molecule has 0 saturated carbocycles. The Bertz CT molecular complexity index is 1340. The summed E-state index contributed by atoms with van der Waals surface area (Å²) < 4.78 is 27.9. The Morgan fingerprint density at radius 2 is 1.75 bits per heavy atom. The van der Waals surface area contributed by atoms with E-state index in [1.165, 1.54) is 38.0 Å². The van der Waals surface area contributed by atoms with Crippen LogP contribution in [0.5, 0.6) is 0 Å². The molecule has 0 spiro atoms. The van der Waals surface area contributed by atoms with Crippen LogP contribution in [0.2, 0.25) is 5.02 Å². The van der Waals surface area contributed by atoms with Gasteiger partial charge < -0.3 is 4.90 Å². The third kappa shape index (κ3) is 4.97. The first kappa shape index (κ1) is 25.4. The molecule has 9 heteroatoms. The zero-order chi connectivity index (χ0) is 25.4. The molecule has 3 heterocycles. The van der Waals surface area contributed by atoms with Crippen LogP contribution in [-0.2, 0) is 21.2 Å². The summed E-state index contributed by atoms with van der Waals surface area (Å²) in [5.41, 5.74) is 3.69. The summed E-state index contributed by atoms with van der Waals surface area (Å²) >= 11 is 7.72. The Labute approximate surface area is 222 Å². The van der Waals surface area contributed by atoms with Gasteiger partial charge in [-0.2, -0.15) is 4.31 Å². The van der Waals surface area contributed by atoms with Crippen LogP contribution in [0.3, 0.4) is 0 Å². The topological polar surface area (TPSA) is 60.9 Å². The first-order chi connectivity index (χ1) is 17.2. The molecule has 2 aromatic carbocycles. The Balaban J connectivity index is 1.30. The van der Waals surface area contributed by atoms with E-state index in [-0.39, 0.29) is 29.4 Å². The van der Waals surface area contributed by atoms with Crippen molar-refractivity contribution in [3.8, 4) is 0 Å². The molecule has 0 aliphatic carbocycles. The van der Waals surface area contributed by atoms with Gasteiger partial charge in [-0.05, 0) is 67.1 Å². The molecule has 2 atom stereocenters. The molecule has 1 fully saturated rings. The fourth-order valence-electron chi connectivity index (χ4n) is 5.22. The average Bonchev–Trinajstić information content (AvgIpc) is 3.33. The van der Waals surface area contributed by atoms with Crippen molar-refractivity contribution in [1.29, 1.82) is 0 Å². The van der Waals surface area contributed by atoms with Crippen molar-refractivity contribution in [3.05, 3.63) is 86.6 Å². The minimum absolute atomic E-state index is 0.0428. The smallest absolute Gasteiger partial charge is 0.243 e. The zero-order valence-electron chi connectivity index (χ0n) is 20.4. The predicted molar refractivity (Wildman–Crippen MR) is 144 cm³/mol. The number of halogens is 1. The maximum atomic E-state index is 13.5. The van der Waals surface area contributed by atoms with Gasteiger partial charge in [0.15, 0.2) is 0 Å². The molecule has 2 aliphatic heterocycles. The van der Waals surface area contributed by atoms with Crippen LogP contribution in [0.4, 0.5) is 0 Å². The van der Waals surface area contributed by atoms with Crippen molar-refractivity contribution in [1.82, 2.24) is 14.1 Å². The Hall–Kier alpha value is -2.23. The monoisotopic (exact) mass is 543 g/mol. The molecule has 190 valence electrons. The van der Waals surface area contributed by atoms with Gasteiger partial charge in [0.2, 0.25) is 15.9 Å². The Kier molecular flexibility index (Phi) is 7.25. The van der Waals surface area contributed by atoms with Crippen LogP contribution in [-0.4, -0.2) is 67.2 Å². The molecule has 1 saturated heterocycles. The van der Waals surface area contributed by atoms with Gasteiger partial charge in [-0.25, -0.2) is 8.42 Å². The lowest BCUT2D eigenvalue weighted by atomic mass is 9.92. The number of thiophene rings is 1. The molecule has 1 aromatic heterocycles. The number of carbonyl (C=O) groups is 1. The number of carbonyl (C=O) groups excluding carboxylic acids is 1. The highest BCUT2D eigenvalue weighted by Crippen LogP contribution is 2.37.